The summed E-state index contributed by atoms with van der Waals surface area (Å²) in [6.45, 7) is 1.86. The summed E-state index contributed by atoms with van der Waals surface area (Å²) < 4.78 is 12.9. The summed E-state index contributed by atoms with van der Waals surface area (Å²) >= 11 is 1.61. The number of thiophene rings is 1. The van der Waals surface area contributed by atoms with Crippen LogP contribution in [-0.2, 0) is 0 Å². The highest BCUT2D eigenvalue weighted by molar-refractivity contribution is 7.08. The Morgan fingerprint density at radius 3 is 2.57 bits per heavy atom. The zero-order valence-corrected chi connectivity index (χ0v) is 13.3. The van der Waals surface area contributed by atoms with Crippen LogP contribution in [0.25, 0.3) is 11.3 Å². The molecule has 2 heterocycles. The third-order valence-electron chi connectivity index (χ3n) is 3.56. The molecule has 2 aromatic heterocycles. The van der Waals surface area contributed by atoms with Crippen LogP contribution in [0.4, 0.5) is 4.39 Å². The summed E-state index contributed by atoms with van der Waals surface area (Å²) in [4.78, 5) is 16.6. The molecule has 1 amide bonds. The minimum absolute atomic E-state index is 0.203. The number of hydrogen-bond donors (Lipinski definition) is 1. The van der Waals surface area contributed by atoms with Crippen LogP contribution in [0.15, 0.2) is 59.4 Å². The van der Waals surface area contributed by atoms with Crippen LogP contribution in [0, 0.1) is 5.82 Å². The van der Waals surface area contributed by atoms with Gasteiger partial charge in [-0.25, -0.2) is 4.39 Å². The van der Waals surface area contributed by atoms with E-state index in [4.69, 9.17) is 0 Å². The largest absolute Gasteiger partial charge is 0.345 e. The van der Waals surface area contributed by atoms with E-state index in [0.29, 0.717) is 5.56 Å². The summed E-state index contributed by atoms with van der Waals surface area (Å²) in [6, 6.07) is 11.5. The van der Waals surface area contributed by atoms with Crippen molar-refractivity contribution < 1.29 is 9.18 Å². The molecule has 5 heteroatoms. The zero-order chi connectivity index (χ0) is 16.2. The lowest BCUT2D eigenvalue weighted by atomic mass is 10.1. The number of rotatable bonds is 4. The van der Waals surface area contributed by atoms with Crippen molar-refractivity contribution in [1.29, 1.82) is 0 Å². The van der Waals surface area contributed by atoms with Gasteiger partial charge in [-0.05, 0) is 48.2 Å². The summed E-state index contributed by atoms with van der Waals surface area (Å²) in [5.74, 6) is -0.494. The van der Waals surface area contributed by atoms with E-state index < -0.39 is 0 Å². The fourth-order valence-corrected chi connectivity index (χ4v) is 2.87. The van der Waals surface area contributed by atoms with Crippen molar-refractivity contribution in [2.75, 3.05) is 0 Å². The predicted molar refractivity (Wildman–Crippen MR) is 89.8 cm³/mol. The molecule has 0 saturated carbocycles. The predicted octanol–water partition coefficient (Wildman–Crippen LogP) is 4.44. The van der Waals surface area contributed by atoms with Crippen LogP contribution in [0.1, 0.15) is 28.9 Å². The normalized spacial score (nSPS) is 11.9. The van der Waals surface area contributed by atoms with Crippen molar-refractivity contribution in [3.8, 4) is 11.3 Å². The van der Waals surface area contributed by atoms with Gasteiger partial charge in [0, 0.05) is 17.1 Å². The quantitative estimate of drug-likeness (QED) is 0.770. The van der Waals surface area contributed by atoms with Crippen LogP contribution in [0.2, 0.25) is 0 Å². The first-order chi connectivity index (χ1) is 11.1. The van der Waals surface area contributed by atoms with E-state index in [1.54, 1.807) is 35.7 Å². The maximum absolute atomic E-state index is 12.9. The molecule has 0 aliphatic carbocycles. The fourth-order valence-electron chi connectivity index (χ4n) is 2.22. The molecular weight excluding hydrogens is 311 g/mol. The summed E-state index contributed by atoms with van der Waals surface area (Å²) in [5, 5.41) is 6.89. The number of pyridine rings is 1. The number of carbonyl (C=O) groups is 1. The Morgan fingerprint density at radius 2 is 1.96 bits per heavy atom. The molecule has 1 N–H and O–H groups in total. The molecule has 23 heavy (non-hydrogen) atoms. The number of amides is 1. The lowest BCUT2D eigenvalue weighted by Crippen LogP contribution is -2.26. The maximum Gasteiger partial charge on any atom is 0.253 e. The van der Waals surface area contributed by atoms with E-state index >= 15 is 0 Å². The monoisotopic (exact) mass is 326 g/mol. The number of halogens is 1. The van der Waals surface area contributed by atoms with E-state index in [-0.39, 0.29) is 17.8 Å². The van der Waals surface area contributed by atoms with Crippen molar-refractivity contribution in [2.45, 2.75) is 13.0 Å². The van der Waals surface area contributed by atoms with Gasteiger partial charge >= 0.3 is 0 Å². The number of benzene rings is 1. The van der Waals surface area contributed by atoms with Gasteiger partial charge in [-0.1, -0.05) is 12.1 Å². The number of carbonyl (C=O) groups excluding carboxylic acids is 1. The Balaban J connectivity index is 1.69. The molecule has 0 unspecified atom stereocenters. The van der Waals surface area contributed by atoms with Gasteiger partial charge in [-0.15, -0.1) is 0 Å². The highest BCUT2D eigenvalue weighted by Crippen LogP contribution is 2.20. The number of hydrogen-bond acceptors (Lipinski definition) is 3. The zero-order valence-electron chi connectivity index (χ0n) is 12.5. The lowest BCUT2D eigenvalue weighted by Gasteiger charge is -2.14. The Bertz CT molecular complexity index is 783. The van der Waals surface area contributed by atoms with E-state index in [1.165, 1.54) is 12.1 Å². The van der Waals surface area contributed by atoms with Gasteiger partial charge in [-0.2, -0.15) is 11.3 Å². The molecule has 0 fully saturated rings. The summed E-state index contributed by atoms with van der Waals surface area (Å²) in [5.41, 5.74) is 3.23. The highest BCUT2D eigenvalue weighted by atomic mass is 32.1. The number of aromatic nitrogens is 1. The van der Waals surface area contributed by atoms with Gasteiger partial charge in [-0.3, -0.25) is 9.78 Å². The highest BCUT2D eigenvalue weighted by Gasteiger charge is 2.12. The van der Waals surface area contributed by atoms with Crippen LogP contribution in [-0.4, -0.2) is 10.9 Å². The second-order valence-electron chi connectivity index (χ2n) is 5.19. The molecule has 3 rings (SSSR count). The number of nitrogens with zero attached hydrogens (tertiary/aromatic N) is 1. The van der Waals surface area contributed by atoms with E-state index in [1.807, 2.05) is 29.8 Å². The Morgan fingerprint density at radius 1 is 1.17 bits per heavy atom. The molecule has 0 spiro atoms. The van der Waals surface area contributed by atoms with Crippen molar-refractivity contribution in [3.63, 3.8) is 0 Å². The third-order valence-corrected chi connectivity index (χ3v) is 4.24. The third kappa shape index (κ3) is 3.63. The second-order valence-corrected chi connectivity index (χ2v) is 5.97. The average molecular weight is 326 g/mol. The Labute approximate surface area is 137 Å². The van der Waals surface area contributed by atoms with Gasteiger partial charge in [0.25, 0.3) is 5.91 Å². The number of nitrogens with one attached hydrogen (secondary N) is 1. The molecule has 1 aromatic carbocycles. The Kier molecular flexibility index (Phi) is 4.48. The molecule has 0 saturated heterocycles. The van der Waals surface area contributed by atoms with Crippen LogP contribution >= 0.6 is 11.3 Å². The molecule has 0 aliphatic heterocycles. The van der Waals surface area contributed by atoms with Gasteiger partial charge < -0.3 is 5.32 Å². The lowest BCUT2D eigenvalue weighted by molar-refractivity contribution is 0.0939. The summed E-state index contributed by atoms with van der Waals surface area (Å²) in [6.07, 6.45) is 1.57. The van der Waals surface area contributed by atoms with Crippen molar-refractivity contribution >= 4 is 17.2 Å². The van der Waals surface area contributed by atoms with E-state index in [9.17, 15) is 9.18 Å². The minimum Gasteiger partial charge on any atom is -0.345 e. The molecule has 0 aliphatic rings. The smallest absolute Gasteiger partial charge is 0.253 e. The topological polar surface area (TPSA) is 42.0 Å². The van der Waals surface area contributed by atoms with Crippen LogP contribution in [0.5, 0.6) is 0 Å². The molecule has 1 atom stereocenters. The minimum atomic E-state index is -0.291. The average Bonchev–Trinajstić information content (AvgIpc) is 3.10. The van der Waals surface area contributed by atoms with Crippen molar-refractivity contribution in [3.05, 3.63) is 76.4 Å². The fraction of sp³-hybridized carbons (Fsp3) is 0.111. The van der Waals surface area contributed by atoms with Gasteiger partial charge in [0.1, 0.15) is 5.82 Å². The second kappa shape index (κ2) is 6.71. The molecule has 116 valence electrons. The molecule has 3 aromatic rings. The van der Waals surface area contributed by atoms with Gasteiger partial charge in [0.05, 0.1) is 17.3 Å². The molecule has 0 radical (unpaired) electrons. The standard InChI is InChI=1S/C18H15FN2OS/c1-12(13-2-5-16(19)6-3-13)21-18(22)14-4-7-17(20-10-14)15-8-9-23-11-15/h2-12H,1H3,(H,21,22)/t12-/m1/s1. The Hall–Kier alpha value is -2.53. The molecule has 0 bridgehead atoms. The first-order valence-corrected chi connectivity index (χ1v) is 8.13. The van der Waals surface area contributed by atoms with Crippen LogP contribution in [0.3, 0.4) is 0 Å². The molecular formula is C18H15FN2OS. The van der Waals surface area contributed by atoms with Gasteiger partial charge in [0.15, 0.2) is 0 Å². The van der Waals surface area contributed by atoms with E-state index in [0.717, 1.165) is 16.8 Å². The maximum atomic E-state index is 12.9. The van der Waals surface area contributed by atoms with Crippen LogP contribution < -0.4 is 5.32 Å². The van der Waals surface area contributed by atoms with Crippen molar-refractivity contribution in [2.24, 2.45) is 0 Å². The SMILES string of the molecule is C[C@@H](NC(=O)c1ccc(-c2ccsc2)nc1)c1ccc(F)cc1. The van der Waals surface area contributed by atoms with Gasteiger partial charge in [0.2, 0.25) is 0 Å². The first kappa shape index (κ1) is 15.4. The van der Waals surface area contributed by atoms with E-state index in [2.05, 4.69) is 10.3 Å². The summed E-state index contributed by atoms with van der Waals surface area (Å²) in [7, 11) is 0. The molecule has 3 nitrogen and oxygen atoms in total. The van der Waals surface area contributed by atoms with Crippen molar-refractivity contribution in [1.82, 2.24) is 10.3 Å². The first-order valence-electron chi connectivity index (χ1n) is 7.18.